The maximum absolute atomic E-state index is 12.4. The van der Waals surface area contributed by atoms with E-state index < -0.39 is 30.3 Å². The highest BCUT2D eigenvalue weighted by Gasteiger charge is 2.33. The van der Waals surface area contributed by atoms with Crippen molar-refractivity contribution in [3.8, 4) is 0 Å². The molecule has 0 aliphatic rings. The fraction of sp³-hybridized carbons (Fsp3) is 0.375. The van der Waals surface area contributed by atoms with Crippen LogP contribution >= 0.6 is 0 Å². The molecule has 94 valence electrons. The maximum atomic E-state index is 12.4. The molecule has 0 aliphatic heterocycles. The fourth-order valence-corrected chi connectivity index (χ4v) is 0.954. The third-order valence-corrected chi connectivity index (χ3v) is 1.67. The molecule has 6 nitrogen and oxygen atoms in total. The summed E-state index contributed by atoms with van der Waals surface area (Å²) in [6, 6.07) is 0.728. The SMILES string of the molecule is CNc1cc(C(F)(F)F)nc(NCC(=O)O)n1. The number of aliphatic carboxylic acids is 1. The van der Waals surface area contributed by atoms with Gasteiger partial charge < -0.3 is 15.7 Å². The van der Waals surface area contributed by atoms with E-state index in [2.05, 4.69) is 20.6 Å². The van der Waals surface area contributed by atoms with E-state index in [1.807, 2.05) is 0 Å². The Labute approximate surface area is 93.9 Å². The van der Waals surface area contributed by atoms with E-state index in [0.29, 0.717) is 0 Å². The molecule has 1 aromatic heterocycles. The third kappa shape index (κ3) is 3.78. The summed E-state index contributed by atoms with van der Waals surface area (Å²) in [6.45, 7) is -0.565. The molecule has 0 unspecified atom stereocenters. The Kier molecular flexibility index (Phi) is 3.71. The first kappa shape index (κ1) is 13.0. The zero-order valence-electron chi connectivity index (χ0n) is 8.67. The van der Waals surface area contributed by atoms with E-state index in [9.17, 15) is 18.0 Å². The van der Waals surface area contributed by atoms with Gasteiger partial charge in [0.25, 0.3) is 0 Å². The molecule has 9 heteroatoms. The standard InChI is InChI=1S/C8H9F3N4O2/c1-12-5-2-4(8(9,10)11)14-7(15-5)13-3-6(16)17/h2H,3H2,1H3,(H,16,17)(H2,12,13,14,15). The van der Waals surface area contributed by atoms with Gasteiger partial charge in [-0.1, -0.05) is 0 Å². The van der Waals surface area contributed by atoms with E-state index in [0.717, 1.165) is 6.07 Å². The Balaban J connectivity index is 3.01. The fourth-order valence-electron chi connectivity index (χ4n) is 0.954. The molecule has 0 spiro atoms. The molecule has 3 N–H and O–H groups in total. The highest BCUT2D eigenvalue weighted by atomic mass is 19.4. The minimum Gasteiger partial charge on any atom is -0.480 e. The van der Waals surface area contributed by atoms with E-state index in [4.69, 9.17) is 5.11 Å². The van der Waals surface area contributed by atoms with Crippen molar-refractivity contribution in [2.75, 3.05) is 24.2 Å². The molecule has 0 fully saturated rings. The van der Waals surface area contributed by atoms with E-state index in [-0.39, 0.29) is 5.82 Å². The van der Waals surface area contributed by atoms with E-state index >= 15 is 0 Å². The first-order valence-electron chi connectivity index (χ1n) is 4.42. The number of nitrogens with zero attached hydrogens (tertiary/aromatic N) is 2. The van der Waals surface area contributed by atoms with Gasteiger partial charge in [-0.05, 0) is 0 Å². The van der Waals surface area contributed by atoms with Gasteiger partial charge in [0.05, 0.1) is 0 Å². The quantitative estimate of drug-likeness (QED) is 0.740. The summed E-state index contributed by atoms with van der Waals surface area (Å²) in [4.78, 5) is 17.1. The highest BCUT2D eigenvalue weighted by molar-refractivity contribution is 5.71. The summed E-state index contributed by atoms with van der Waals surface area (Å²) < 4.78 is 37.3. The monoisotopic (exact) mass is 250 g/mol. The smallest absolute Gasteiger partial charge is 0.433 e. The molecule has 0 amide bonds. The van der Waals surface area contributed by atoms with Gasteiger partial charge in [0.1, 0.15) is 12.4 Å². The number of anilines is 2. The average Bonchev–Trinajstić information content (AvgIpc) is 2.24. The van der Waals surface area contributed by atoms with Crippen LogP contribution in [0.5, 0.6) is 0 Å². The minimum absolute atomic E-state index is 0.0554. The third-order valence-electron chi connectivity index (χ3n) is 1.67. The van der Waals surface area contributed by atoms with Crippen LogP contribution in [0.3, 0.4) is 0 Å². The van der Waals surface area contributed by atoms with Crippen molar-refractivity contribution < 1.29 is 23.1 Å². The second-order valence-electron chi connectivity index (χ2n) is 2.96. The normalized spacial score (nSPS) is 11.1. The van der Waals surface area contributed by atoms with E-state index in [1.54, 1.807) is 0 Å². The number of hydrogen-bond acceptors (Lipinski definition) is 5. The number of alkyl halides is 3. The van der Waals surface area contributed by atoms with Crippen LogP contribution in [-0.2, 0) is 11.0 Å². The Hall–Kier alpha value is -2.06. The number of carboxylic acid groups (broad SMARTS) is 1. The second kappa shape index (κ2) is 4.85. The summed E-state index contributed by atoms with van der Waals surface area (Å²) in [5.74, 6) is -1.68. The van der Waals surface area contributed by atoms with Crippen molar-refractivity contribution in [2.45, 2.75) is 6.18 Å². The predicted molar refractivity (Wildman–Crippen MR) is 52.7 cm³/mol. The van der Waals surface area contributed by atoms with Crippen molar-refractivity contribution >= 4 is 17.7 Å². The molecular weight excluding hydrogens is 241 g/mol. The van der Waals surface area contributed by atoms with Gasteiger partial charge in [-0.15, -0.1) is 0 Å². The largest absolute Gasteiger partial charge is 0.480 e. The van der Waals surface area contributed by atoms with Crippen molar-refractivity contribution in [2.24, 2.45) is 0 Å². The second-order valence-corrected chi connectivity index (χ2v) is 2.96. The van der Waals surface area contributed by atoms with Crippen molar-refractivity contribution in [3.63, 3.8) is 0 Å². The van der Waals surface area contributed by atoms with Crippen LogP contribution in [0.1, 0.15) is 5.69 Å². The molecule has 0 aromatic carbocycles. The predicted octanol–water partition coefficient (Wildman–Crippen LogP) is 1.03. The Morgan fingerprint density at radius 2 is 2.12 bits per heavy atom. The number of halogens is 3. The van der Waals surface area contributed by atoms with Crippen LogP contribution in [-0.4, -0.2) is 34.6 Å². The van der Waals surface area contributed by atoms with Gasteiger partial charge in [-0.2, -0.15) is 18.2 Å². The number of carbonyl (C=O) groups is 1. The first-order valence-corrected chi connectivity index (χ1v) is 4.42. The van der Waals surface area contributed by atoms with Crippen molar-refractivity contribution in [3.05, 3.63) is 11.8 Å². The van der Waals surface area contributed by atoms with E-state index in [1.165, 1.54) is 7.05 Å². The molecule has 0 aliphatic carbocycles. The van der Waals surface area contributed by atoms with Gasteiger partial charge in [0, 0.05) is 13.1 Å². The van der Waals surface area contributed by atoms with Crippen LogP contribution in [0.4, 0.5) is 24.9 Å². The van der Waals surface area contributed by atoms with Crippen molar-refractivity contribution in [1.82, 2.24) is 9.97 Å². The lowest BCUT2D eigenvalue weighted by molar-refractivity contribution is -0.141. The summed E-state index contributed by atoms with van der Waals surface area (Å²) in [5.41, 5.74) is -1.15. The number of hydrogen-bond donors (Lipinski definition) is 3. The molecule has 1 aromatic rings. The molecule has 0 saturated carbocycles. The van der Waals surface area contributed by atoms with Gasteiger partial charge in [0.2, 0.25) is 5.95 Å². The molecule has 0 atom stereocenters. The molecule has 0 radical (unpaired) electrons. The summed E-state index contributed by atoms with van der Waals surface area (Å²) in [5, 5.41) is 13.0. The summed E-state index contributed by atoms with van der Waals surface area (Å²) >= 11 is 0. The summed E-state index contributed by atoms with van der Waals surface area (Å²) in [7, 11) is 1.39. The van der Waals surface area contributed by atoms with Crippen LogP contribution in [0.2, 0.25) is 0 Å². The average molecular weight is 250 g/mol. The molecule has 1 rings (SSSR count). The number of rotatable bonds is 4. The van der Waals surface area contributed by atoms with Gasteiger partial charge in [-0.3, -0.25) is 4.79 Å². The molecule has 0 bridgehead atoms. The Morgan fingerprint density at radius 1 is 1.47 bits per heavy atom. The zero-order valence-corrected chi connectivity index (χ0v) is 8.67. The lowest BCUT2D eigenvalue weighted by atomic mass is 10.4. The number of aromatic nitrogens is 2. The first-order chi connectivity index (χ1) is 7.82. The van der Waals surface area contributed by atoms with Crippen LogP contribution in [0.15, 0.2) is 6.07 Å². The molecule has 0 saturated heterocycles. The Bertz CT molecular complexity index is 422. The number of nitrogens with one attached hydrogen (secondary N) is 2. The van der Waals surface area contributed by atoms with Gasteiger partial charge >= 0.3 is 12.1 Å². The summed E-state index contributed by atoms with van der Waals surface area (Å²) in [6.07, 6.45) is -4.62. The van der Waals surface area contributed by atoms with Crippen LogP contribution in [0, 0.1) is 0 Å². The minimum atomic E-state index is -4.62. The lowest BCUT2D eigenvalue weighted by Crippen LogP contribution is -2.17. The van der Waals surface area contributed by atoms with Crippen molar-refractivity contribution in [1.29, 1.82) is 0 Å². The van der Waals surface area contributed by atoms with Crippen LogP contribution < -0.4 is 10.6 Å². The van der Waals surface area contributed by atoms with Crippen LogP contribution in [0.25, 0.3) is 0 Å². The van der Waals surface area contributed by atoms with Gasteiger partial charge in [0.15, 0.2) is 5.69 Å². The number of carboxylic acids is 1. The lowest BCUT2D eigenvalue weighted by Gasteiger charge is -2.10. The molecular formula is C8H9F3N4O2. The Morgan fingerprint density at radius 3 is 2.59 bits per heavy atom. The zero-order chi connectivity index (χ0) is 13.1. The maximum Gasteiger partial charge on any atom is 0.433 e. The molecule has 17 heavy (non-hydrogen) atoms. The van der Waals surface area contributed by atoms with Gasteiger partial charge in [-0.25, -0.2) is 4.98 Å². The highest BCUT2D eigenvalue weighted by Crippen LogP contribution is 2.29. The molecule has 1 heterocycles. The topological polar surface area (TPSA) is 87.1 Å².